The molecule has 5 heteroatoms. The molecule has 0 aromatic carbocycles. The maximum Gasteiger partial charge on any atom is 0.320 e. The van der Waals surface area contributed by atoms with Crippen LogP contribution in [0.25, 0.3) is 0 Å². The Morgan fingerprint density at radius 1 is 1.64 bits per heavy atom. The molecule has 11 heavy (non-hydrogen) atoms. The molecule has 0 fully saturated rings. The van der Waals surface area contributed by atoms with Crippen molar-refractivity contribution in [3.8, 4) is 0 Å². The molecule has 0 rings (SSSR count). The third-order valence-electron chi connectivity index (χ3n) is 1.64. The van der Waals surface area contributed by atoms with Gasteiger partial charge in [0.1, 0.15) is 6.04 Å². The first kappa shape index (κ1) is 10.6. The highest BCUT2D eigenvalue weighted by Gasteiger charge is 2.25. The van der Waals surface area contributed by atoms with Crippen LogP contribution in [0.5, 0.6) is 0 Å². The highest BCUT2D eigenvalue weighted by atomic mass is 28.3. The summed E-state index contributed by atoms with van der Waals surface area (Å²) in [6.07, 6.45) is 0.591. The Hall–Kier alpha value is -0.393. The first-order valence-electron chi connectivity index (χ1n) is 3.57. The van der Waals surface area contributed by atoms with Crippen LogP contribution >= 0.6 is 0 Å². The topological polar surface area (TPSA) is 89.3 Å². The Morgan fingerprint density at radius 2 is 2.09 bits per heavy atom. The first-order valence-corrected chi connectivity index (χ1v) is 6.99. The van der Waals surface area contributed by atoms with Crippen LogP contribution in [-0.2, 0) is 4.79 Å². The molecule has 4 nitrogen and oxygen atoms in total. The van der Waals surface area contributed by atoms with Gasteiger partial charge in [-0.05, 0) is 12.2 Å². The number of aliphatic carboxylic acids is 1. The van der Waals surface area contributed by atoms with Crippen LogP contribution in [0.3, 0.4) is 0 Å². The third kappa shape index (κ3) is 4.13. The summed E-state index contributed by atoms with van der Waals surface area (Å²) in [5.74, 6) is -0.931. The lowest BCUT2D eigenvalue weighted by molar-refractivity contribution is -0.138. The van der Waals surface area contributed by atoms with E-state index < -0.39 is 20.1 Å². The zero-order valence-corrected chi connectivity index (χ0v) is 8.00. The van der Waals surface area contributed by atoms with Gasteiger partial charge in [-0.3, -0.25) is 4.79 Å². The molecule has 0 heterocycles. The highest BCUT2D eigenvalue weighted by molar-refractivity contribution is 6.77. The van der Waals surface area contributed by atoms with Crippen molar-refractivity contribution in [2.24, 2.45) is 11.5 Å². The van der Waals surface area contributed by atoms with E-state index >= 15 is 0 Å². The predicted octanol–water partition coefficient (Wildman–Crippen LogP) is -0.395. The minimum atomic E-state index is -1.53. The average molecular weight is 176 g/mol. The van der Waals surface area contributed by atoms with Gasteiger partial charge in [0.2, 0.25) is 0 Å². The smallest absolute Gasteiger partial charge is 0.320 e. The number of hydrogen-bond acceptors (Lipinski definition) is 3. The third-order valence-corrected chi connectivity index (χ3v) is 4.29. The molecule has 0 amide bonds. The molecule has 0 aliphatic heterocycles. The monoisotopic (exact) mass is 176 g/mol. The van der Waals surface area contributed by atoms with Gasteiger partial charge >= 0.3 is 5.97 Å². The fraction of sp³-hybridized carbons (Fsp3) is 0.833. The number of carbonyl (C=O) groups is 1. The molecule has 66 valence electrons. The van der Waals surface area contributed by atoms with Crippen LogP contribution in [0, 0.1) is 0 Å². The van der Waals surface area contributed by atoms with Gasteiger partial charge in [-0.25, -0.2) is 0 Å². The van der Waals surface area contributed by atoms with E-state index in [9.17, 15) is 4.79 Å². The van der Waals surface area contributed by atoms with Crippen molar-refractivity contribution < 1.29 is 9.90 Å². The maximum atomic E-state index is 10.3. The van der Waals surface area contributed by atoms with E-state index in [1.165, 1.54) is 0 Å². The van der Waals surface area contributed by atoms with Crippen LogP contribution < -0.4 is 11.5 Å². The zero-order chi connectivity index (χ0) is 9.07. The minimum Gasteiger partial charge on any atom is -0.480 e. The second kappa shape index (κ2) is 3.84. The molecule has 0 aliphatic rings. The Morgan fingerprint density at radius 3 is 2.36 bits per heavy atom. The summed E-state index contributed by atoms with van der Waals surface area (Å²) in [7, 11) is -1.53. The van der Waals surface area contributed by atoms with Gasteiger partial charge in [-0.2, -0.15) is 0 Å². The molecule has 0 unspecified atom stereocenters. The van der Waals surface area contributed by atoms with Crippen LogP contribution in [0.15, 0.2) is 0 Å². The molecule has 0 aliphatic carbocycles. The van der Waals surface area contributed by atoms with E-state index in [2.05, 4.69) is 0 Å². The summed E-state index contributed by atoms with van der Waals surface area (Å²) >= 11 is 0. The van der Waals surface area contributed by atoms with Crippen molar-refractivity contribution in [2.45, 2.75) is 25.2 Å². The summed E-state index contributed by atoms with van der Waals surface area (Å²) in [5.41, 5.74) is 10.8. The van der Waals surface area contributed by atoms with Crippen LogP contribution in [-0.4, -0.2) is 31.4 Å². The molecule has 0 saturated carbocycles. The predicted molar refractivity (Wildman–Crippen MR) is 47.0 cm³/mol. The van der Waals surface area contributed by atoms with Gasteiger partial charge in [-0.1, -0.05) is 13.1 Å². The van der Waals surface area contributed by atoms with E-state index in [0.29, 0.717) is 12.2 Å². The average Bonchev–Trinajstić information content (AvgIpc) is 1.87. The van der Waals surface area contributed by atoms with Gasteiger partial charge in [0.25, 0.3) is 0 Å². The van der Waals surface area contributed by atoms with Crippen molar-refractivity contribution in [2.75, 3.05) is 6.17 Å². The Labute approximate surface area is 67.6 Å². The quantitative estimate of drug-likeness (QED) is 0.509. The molecule has 1 atom stereocenters. The standard InChI is InChI=1S/C6H16N2O2Si/c1-11(2,4-7)3-5(8)6(9)10/h5H,3-4,7-8H2,1-2H3,(H,9,10)/t5-/m1/s1. The lowest BCUT2D eigenvalue weighted by atomic mass is 10.4. The zero-order valence-electron chi connectivity index (χ0n) is 7.00. The molecule has 0 radical (unpaired) electrons. The number of rotatable bonds is 4. The van der Waals surface area contributed by atoms with Gasteiger partial charge < -0.3 is 16.6 Å². The van der Waals surface area contributed by atoms with E-state index in [1.54, 1.807) is 0 Å². The maximum absolute atomic E-state index is 10.3. The first-order chi connectivity index (χ1) is 4.89. The van der Waals surface area contributed by atoms with Crippen molar-refractivity contribution >= 4 is 14.0 Å². The van der Waals surface area contributed by atoms with Gasteiger partial charge in [0.15, 0.2) is 0 Å². The lowest BCUT2D eigenvalue weighted by Gasteiger charge is -2.21. The molecule has 5 N–H and O–H groups in total. The van der Waals surface area contributed by atoms with Crippen LogP contribution in [0.1, 0.15) is 0 Å². The molecule has 0 saturated heterocycles. The molecule has 0 spiro atoms. The van der Waals surface area contributed by atoms with E-state index in [4.69, 9.17) is 16.6 Å². The molecule has 0 aromatic rings. The van der Waals surface area contributed by atoms with Crippen molar-refractivity contribution in [3.63, 3.8) is 0 Å². The summed E-state index contributed by atoms with van der Waals surface area (Å²) in [5, 5.41) is 8.50. The summed E-state index contributed by atoms with van der Waals surface area (Å²) in [6.45, 7) is 4.08. The Bertz CT molecular complexity index is 150. The number of hydrogen-bond donors (Lipinski definition) is 3. The minimum absolute atomic E-state index is 0.554. The van der Waals surface area contributed by atoms with Gasteiger partial charge in [0.05, 0.1) is 8.07 Å². The summed E-state index contributed by atoms with van der Waals surface area (Å²) in [6, 6.07) is -0.182. The van der Waals surface area contributed by atoms with Gasteiger partial charge in [0, 0.05) is 0 Å². The van der Waals surface area contributed by atoms with Crippen LogP contribution in [0.4, 0.5) is 0 Å². The number of carboxylic acid groups (broad SMARTS) is 1. The fourth-order valence-corrected chi connectivity index (χ4v) is 2.30. The summed E-state index contributed by atoms with van der Waals surface area (Å²) in [4.78, 5) is 10.3. The SMILES string of the molecule is C[Si](C)(CN)C[C@@H](N)C(=O)O. The molecular weight excluding hydrogens is 160 g/mol. The molecule has 0 aromatic heterocycles. The normalized spacial score (nSPS) is 14.5. The van der Waals surface area contributed by atoms with E-state index in [0.717, 1.165) is 0 Å². The van der Waals surface area contributed by atoms with E-state index in [-0.39, 0.29) is 0 Å². The largest absolute Gasteiger partial charge is 0.480 e. The number of nitrogens with two attached hydrogens (primary N) is 2. The van der Waals surface area contributed by atoms with Crippen LogP contribution in [0.2, 0.25) is 19.1 Å². The Kier molecular flexibility index (Phi) is 3.71. The second-order valence-corrected chi connectivity index (χ2v) is 8.66. The van der Waals surface area contributed by atoms with Crippen molar-refractivity contribution in [1.82, 2.24) is 0 Å². The number of carboxylic acids is 1. The second-order valence-electron chi connectivity index (χ2n) is 3.52. The lowest BCUT2D eigenvalue weighted by Crippen LogP contribution is -2.44. The van der Waals surface area contributed by atoms with Gasteiger partial charge in [-0.15, -0.1) is 0 Å². The van der Waals surface area contributed by atoms with E-state index in [1.807, 2.05) is 13.1 Å². The fourth-order valence-electron chi connectivity index (χ4n) is 0.766. The highest BCUT2D eigenvalue weighted by Crippen LogP contribution is 2.08. The summed E-state index contributed by atoms with van der Waals surface area (Å²) < 4.78 is 0. The molecular formula is C6H16N2O2Si. The molecule has 0 bridgehead atoms. The Balaban J connectivity index is 3.93. The van der Waals surface area contributed by atoms with Crippen molar-refractivity contribution in [3.05, 3.63) is 0 Å². The van der Waals surface area contributed by atoms with Crippen molar-refractivity contribution in [1.29, 1.82) is 0 Å².